The largest absolute Gasteiger partial charge is 0.313 e. The van der Waals surface area contributed by atoms with Gasteiger partial charge in [-0.2, -0.15) is 0 Å². The van der Waals surface area contributed by atoms with Gasteiger partial charge in [-0.1, -0.05) is 59.3 Å². The summed E-state index contributed by atoms with van der Waals surface area (Å²) in [6.45, 7) is 7.92. The van der Waals surface area contributed by atoms with Crippen molar-refractivity contribution in [1.82, 2.24) is 5.32 Å². The average Bonchev–Trinajstić information content (AvgIpc) is 2.30. The van der Waals surface area contributed by atoms with Gasteiger partial charge in [-0.25, -0.2) is 0 Å². The fraction of sp³-hybridized carbons (Fsp3) is 1.00. The highest BCUT2D eigenvalue weighted by atomic mass is 35.5. The number of hydrogen-bond donors (Lipinski definition) is 1. The standard InChI is InChI=1S/C15H32ClN/c1-4-5-6-7-8-9-10-11-17-15(13-16)12-14(2)3/h14-15,17H,4-13H2,1-3H3. The number of nitrogens with one attached hydrogen (secondary N) is 1. The van der Waals surface area contributed by atoms with E-state index in [2.05, 4.69) is 26.1 Å². The number of unbranched alkanes of at least 4 members (excludes halogenated alkanes) is 6. The molecule has 0 amide bonds. The Morgan fingerprint density at radius 1 is 0.941 bits per heavy atom. The van der Waals surface area contributed by atoms with Gasteiger partial charge in [0.25, 0.3) is 0 Å². The molecular formula is C15H32ClN. The molecule has 0 aromatic rings. The van der Waals surface area contributed by atoms with Crippen LogP contribution in [0.4, 0.5) is 0 Å². The fourth-order valence-electron chi connectivity index (χ4n) is 2.16. The first-order chi connectivity index (χ1) is 8.20. The third-order valence-electron chi connectivity index (χ3n) is 3.16. The zero-order valence-electron chi connectivity index (χ0n) is 12.1. The molecule has 1 nitrogen and oxygen atoms in total. The van der Waals surface area contributed by atoms with Gasteiger partial charge in [0.05, 0.1) is 0 Å². The molecule has 0 spiro atoms. The van der Waals surface area contributed by atoms with Crippen molar-refractivity contribution < 1.29 is 0 Å². The van der Waals surface area contributed by atoms with Crippen molar-refractivity contribution >= 4 is 11.6 Å². The molecule has 0 aromatic heterocycles. The Hall–Kier alpha value is 0.250. The van der Waals surface area contributed by atoms with Crippen molar-refractivity contribution in [3.8, 4) is 0 Å². The second kappa shape index (κ2) is 12.7. The van der Waals surface area contributed by atoms with Crippen molar-refractivity contribution in [2.75, 3.05) is 12.4 Å². The average molecular weight is 262 g/mol. The molecule has 0 aliphatic heterocycles. The summed E-state index contributed by atoms with van der Waals surface area (Å²) in [5, 5.41) is 3.57. The van der Waals surface area contributed by atoms with Crippen LogP contribution in [0, 0.1) is 5.92 Å². The van der Waals surface area contributed by atoms with E-state index < -0.39 is 0 Å². The molecule has 0 rings (SSSR count). The van der Waals surface area contributed by atoms with Crippen LogP contribution in [0.5, 0.6) is 0 Å². The minimum absolute atomic E-state index is 0.511. The normalized spacial score (nSPS) is 13.2. The predicted octanol–water partition coefficient (Wildman–Crippen LogP) is 4.98. The Labute approximate surface area is 114 Å². The van der Waals surface area contributed by atoms with E-state index in [9.17, 15) is 0 Å². The molecule has 0 bridgehead atoms. The van der Waals surface area contributed by atoms with Crippen LogP contribution in [0.3, 0.4) is 0 Å². The molecule has 0 saturated carbocycles. The Balaban J connectivity index is 3.25. The first-order valence-corrected chi connectivity index (χ1v) is 8.03. The van der Waals surface area contributed by atoms with Gasteiger partial charge in [-0.05, 0) is 25.3 Å². The summed E-state index contributed by atoms with van der Waals surface area (Å²) in [7, 11) is 0. The molecule has 0 heterocycles. The van der Waals surface area contributed by atoms with E-state index in [4.69, 9.17) is 11.6 Å². The van der Waals surface area contributed by atoms with E-state index >= 15 is 0 Å². The Kier molecular flexibility index (Phi) is 12.9. The zero-order valence-corrected chi connectivity index (χ0v) is 12.9. The van der Waals surface area contributed by atoms with Crippen molar-refractivity contribution in [2.24, 2.45) is 5.92 Å². The summed E-state index contributed by atoms with van der Waals surface area (Å²) >= 11 is 5.95. The Bertz CT molecular complexity index is 148. The van der Waals surface area contributed by atoms with Gasteiger partial charge in [-0.15, -0.1) is 11.6 Å². The van der Waals surface area contributed by atoms with Gasteiger partial charge in [0.1, 0.15) is 0 Å². The minimum Gasteiger partial charge on any atom is -0.313 e. The van der Waals surface area contributed by atoms with Gasteiger partial charge < -0.3 is 5.32 Å². The smallest absolute Gasteiger partial charge is 0.0377 e. The third-order valence-corrected chi connectivity index (χ3v) is 3.53. The molecular weight excluding hydrogens is 230 g/mol. The van der Waals surface area contributed by atoms with Crippen molar-refractivity contribution in [1.29, 1.82) is 0 Å². The van der Waals surface area contributed by atoms with Crippen LogP contribution in [-0.2, 0) is 0 Å². The second-order valence-electron chi connectivity index (χ2n) is 5.56. The molecule has 0 radical (unpaired) electrons. The van der Waals surface area contributed by atoms with E-state index in [-0.39, 0.29) is 0 Å². The molecule has 0 fully saturated rings. The first-order valence-electron chi connectivity index (χ1n) is 7.50. The highest BCUT2D eigenvalue weighted by molar-refractivity contribution is 6.18. The lowest BCUT2D eigenvalue weighted by Gasteiger charge is -2.17. The summed E-state index contributed by atoms with van der Waals surface area (Å²) in [5.41, 5.74) is 0. The fourth-order valence-corrected chi connectivity index (χ4v) is 2.39. The molecule has 0 aliphatic carbocycles. The lowest BCUT2D eigenvalue weighted by Crippen LogP contribution is -2.32. The maximum atomic E-state index is 5.95. The monoisotopic (exact) mass is 261 g/mol. The van der Waals surface area contributed by atoms with Gasteiger partial charge in [-0.3, -0.25) is 0 Å². The molecule has 0 saturated heterocycles. The Morgan fingerprint density at radius 2 is 1.53 bits per heavy atom. The van der Waals surface area contributed by atoms with Gasteiger partial charge in [0, 0.05) is 11.9 Å². The van der Waals surface area contributed by atoms with E-state index in [0.717, 1.165) is 18.3 Å². The number of rotatable bonds is 12. The summed E-state index contributed by atoms with van der Waals surface area (Å²) in [5.74, 6) is 1.48. The molecule has 1 unspecified atom stereocenters. The van der Waals surface area contributed by atoms with Crippen LogP contribution < -0.4 is 5.32 Å². The van der Waals surface area contributed by atoms with Crippen molar-refractivity contribution in [3.05, 3.63) is 0 Å². The quantitative estimate of drug-likeness (QED) is 0.386. The van der Waals surface area contributed by atoms with Crippen LogP contribution in [0.2, 0.25) is 0 Å². The Morgan fingerprint density at radius 3 is 2.06 bits per heavy atom. The highest BCUT2D eigenvalue weighted by Crippen LogP contribution is 2.08. The van der Waals surface area contributed by atoms with Gasteiger partial charge in [0.2, 0.25) is 0 Å². The van der Waals surface area contributed by atoms with Gasteiger partial charge >= 0.3 is 0 Å². The van der Waals surface area contributed by atoms with Crippen molar-refractivity contribution in [2.45, 2.75) is 78.2 Å². The lowest BCUT2D eigenvalue weighted by atomic mass is 10.0. The summed E-state index contributed by atoms with van der Waals surface area (Å²) in [6.07, 6.45) is 10.8. The number of alkyl halides is 1. The predicted molar refractivity (Wildman–Crippen MR) is 80.0 cm³/mol. The lowest BCUT2D eigenvalue weighted by molar-refractivity contribution is 0.437. The van der Waals surface area contributed by atoms with E-state index in [1.165, 1.54) is 51.4 Å². The molecule has 0 aromatic carbocycles. The zero-order chi connectivity index (χ0) is 12.9. The van der Waals surface area contributed by atoms with Gasteiger partial charge in [0.15, 0.2) is 0 Å². The molecule has 1 atom stereocenters. The molecule has 2 heteroatoms. The number of hydrogen-bond acceptors (Lipinski definition) is 1. The minimum atomic E-state index is 0.511. The molecule has 0 aliphatic rings. The summed E-state index contributed by atoms with van der Waals surface area (Å²) < 4.78 is 0. The molecule has 104 valence electrons. The van der Waals surface area contributed by atoms with Crippen LogP contribution >= 0.6 is 11.6 Å². The highest BCUT2D eigenvalue weighted by Gasteiger charge is 2.07. The van der Waals surface area contributed by atoms with E-state index in [1.54, 1.807) is 0 Å². The molecule has 17 heavy (non-hydrogen) atoms. The van der Waals surface area contributed by atoms with Crippen LogP contribution in [0.15, 0.2) is 0 Å². The topological polar surface area (TPSA) is 12.0 Å². The maximum Gasteiger partial charge on any atom is 0.0377 e. The summed E-state index contributed by atoms with van der Waals surface area (Å²) in [6, 6.07) is 0.511. The van der Waals surface area contributed by atoms with Crippen LogP contribution in [-0.4, -0.2) is 18.5 Å². The second-order valence-corrected chi connectivity index (χ2v) is 5.86. The van der Waals surface area contributed by atoms with Crippen LogP contribution in [0.1, 0.15) is 72.1 Å². The van der Waals surface area contributed by atoms with Crippen molar-refractivity contribution in [3.63, 3.8) is 0 Å². The summed E-state index contributed by atoms with van der Waals surface area (Å²) in [4.78, 5) is 0. The first kappa shape index (κ1) is 17.2. The molecule has 1 N–H and O–H groups in total. The SMILES string of the molecule is CCCCCCCCCNC(CCl)CC(C)C. The number of halogens is 1. The van der Waals surface area contributed by atoms with E-state index in [1.807, 2.05) is 0 Å². The van der Waals surface area contributed by atoms with Crippen LogP contribution in [0.25, 0.3) is 0 Å². The third kappa shape index (κ3) is 12.5. The van der Waals surface area contributed by atoms with E-state index in [0.29, 0.717) is 6.04 Å². The maximum absolute atomic E-state index is 5.95.